The van der Waals surface area contributed by atoms with E-state index in [9.17, 15) is 4.79 Å². The number of esters is 1. The van der Waals surface area contributed by atoms with Gasteiger partial charge >= 0.3 is 5.97 Å². The van der Waals surface area contributed by atoms with E-state index in [-0.39, 0.29) is 6.61 Å². The Labute approximate surface area is 117 Å². The Morgan fingerprint density at radius 3 is 3.10 bits per heavy atom. The summed E-state index contributed by atoms with van der Waals surface area (Å²) in [6.45, 7) is 6.30. The maximum Gasteiger partial charge on any atom is 0.371 e. The van der Waals surface area contributed by atoms with Gasteiger partial charge in [0.05, 0.1) is 19.8 Å². The van der Waals surface area contributed by atoms with Crippen molar-refractivity contribution in [2.75, 3.05) is 32.8 Å². The van der Waals surface area contributed by atoms with Crippen LogP contribution in [0.25, 0.3) is 0 Å². The molecule has 0 spiro atoms. The molecule has 0 aliphatic carbocycles. The molecule has 0 radical (unpaired) electrons. The lowest BCUT2D eigenvalue weighted by atomic mass is 10.4. The molecule has 110 valence electrons. The summed E-state index contributed by atoms with van der Waals surface area (Å²) in [4.78, 5) is 16.4. The van der Waals surface area contributed by atoms with Gasteiger partial charge in [-0.05, 0) is 13.8 Å². The number of hydrogen-bond acceptors (Lipinski definition) is 6. The van der Waals surface area contributed by atoms with Gasteiger partial charge in [0, 0.05) is 0 Å². The first-order valence-electron chi connectivity index (χ1n) is 6.44. The molecule has 1 heterocycles. The fourth-order valence-electron chi connectivity index (χ4n) is 1.45. The van der Waals surface area contributed by atoms with Crippen LogP contribution >= 0.6 is 0 Å². The molecule has 1 aliphatic rings. The third-order valence-corrected chi connectivity index (χ3v) is 2.38. The van der Waals surface area contributed by atoms with E-state index in [4.69, 9.17) is 14.8 Å². The highest BCUT2D eigenvalue weighted by Crippen LogP contribution is 2.03. The normalized spacial score (nSPS) is 21.1. The number of carbonyl (C=O) groups is 1. The second kappa shape index (κ2) is 8.87. The second-order valence-corrected chi connectivity index (χ2v) is 3.86. The molecule has 0 amide bonds. The first-order chi connectivity index (χ1) is 9.71. The summed E-state index contributed by atoms with van der Waals surface area (Å²) >= 11 is 0. The van der Waals surface area contributed by atoms with Crippen molar-refractivity contribution in [2.45, 2.75) is 20.1 Å². The summed E-state index contributed by atoms with van der Waals surface area (Å²) < 4.78 is 12.0. The zero-order valence-corrected chi connectivity index (χ0v) is 11.7. The van der Waals surface area contributed by atoms with E-state index in [0.29, 0.717) is 13.2 Å². The second-order valence-electron chi connectivity index (χ2n) is 3.86. The highest BCUT2D eigenvalue weighted by Gasteiger charge is 2.22. The van der Waals surface area contributed by atoms with Gasteiger partial charge in [0.1, 0.15) is 19.2 Å². The van der Waals surface area contributed by atoms with Crippen molar-refractivity contribution in [2.24, 2.45) is 5.16 Å². The number of rotatable bonds is 6. The third kappa shape index (κ3) is 5.24. The summed E-state index contributed by atoms with van der Waals surface area (Å²) in [5, 5.41) is 15.4. The molecule has 1 unspecified atom stereocenters. The van der Waals surface area contributed by atoms with E-state index in [2.05, 4.69) is 15.2 Å². The zero-order valence-electron chi connectivity index (χ0n) is 11.7. The number of hydrogen-bond donors (Lipinski definition) is 1. The molecule has 0 aromatic heterocycles. The average Bonchev–Trinajstić information content (AvgIpc) is 2.46. The summed E-state index contributed by atoms with van der Waals surface area (Å²) in [5.41, 5.74) is -0.428. The molecule has 1 saturated heterocycles. The van der Waals surface area contributed by atoms with Crippen molar-refractivity contribution in [3.8, 4) is 6.07 Å². The third-order valence-electron chi connectivity index (χ3n) is 2.38. The molecular weight excluding hydrogens is 264 g/mol. The lowest BCUT2D eigenvalue weighted by molar-refractivity contribution is -0.570. The molecule has 1 fully saturated rings. The highest BCUT2D eigenvalue weighted by atomic mass is 16.8. The molecule has 0 saturated carbocycles. The Balaban J connectivity index is 2.55. The highest BCUT2D eigenvalue weighted by molar-refractivity contribution is 6.42. The van der Waals surface area contributed by atoms with Gasteiger partial charge in [-0.3, -0.25) is 9.89 Å². The number of nitrogens with one attached hydrogen (secondary N) is 1. The van der Waals surface area contributed by atoms with Crippen LogP contribution in [-0.4, -0.2) is 61.7 Å². The number of nitrogens with zero attached hydrogens (tertiary/aromatic N) is 3. The van der Waals surface area contributed by atoms with Crippen molar-refractivity contribution in [3.63, 3.8) is 0 Å². The molecule has 1 N–H and O–H groups in total. The lowest BCUT2D eigenvalue weighted by Crippen LogP contribution is -2.40. The van der Waals surface area contributed by atoms with Crippen LogP contribution in [0.2, 0.25) is 0 Å². The van der Waals surface area contributed by atoms with Crippen molar-refractivity contribution in [3.05, 3.63) is 0 Å². The van der Waals surface area contributed by atoms with E-state index < -0.39 is 18.0 Å². The number of oxime groups is 1. The molecule has 1 aliphatic heterocycles. The molecule has 0 aromatic carbocycles. The van der Waals surface area contributed by atoms with Gasteiger partial charge in [0.15, 0.2) is 0 Å². The SMILES string of the molecule is CCNC=[N+]1CCOC(O/N=C(/C#N)C(=O)OCC)C1. The van der Waals surface area contributed by atoms with Crippen molar-refractivity contribution in [1.82, 2.24) is 5.32 Å². The molecule has 1 rings (SSSR count). The Morgan fingerprint density at radius 2 is 2.45 bits per heavy atom. The maximum atomic E-state index is 11.3. The number of nitriles is 1. The van der Waals surface area contributed by atoms with E-state index in [1.807, 2.05) is 17.8 Å². The Hall–Kier alpha value is -2.14. The molecule has 8 nitrogen and oxygen atoms in total. The van der Waals surface area contributed by atoms with E-state index in [1.165, 1.54) is 0 Å². The quantitative estimate of drug-likeness (QED) is 0.231. The van der Waals surface area contributed by atoms with Gasteiger partial charge in [-0.1, -0.05) is 5.16 Å². The first kappa shape index (κ1) is 15.9. The number of carbonyl (C=O) groups excluding carboxylic acids is 1. The molecule has 0 aromatic rings. The monoisotopic (exact) mass is 283 g/mol. The molecular formula is C12H19N4O4+. The predicted octanol–water partition coefficient (Wildman–Crippen LogP) is -0.548. The number of morpholine rings is 1. The van der Waals surface area contributed by atoms with Crippen LogP contribution in [-0.2, 0) is 19.1 Å². The minimum Gasteiger partial charge on any atom is -0.461 e. The standard InChI is InChI=1S/C12H18N4O4/c1-3-14-9-16-5-6-19-11(8-16)20-15-10(7-13)12(17)18-4-2/h9,11H,3-6,8H2,1-2H3/p+1/b15-10-. The van der Waals surface area contributed by atoms with Crippen LogP contribution in [0.3, 0.4) is 0 Å². The fourth-order valence-corrected chi connectivity index (χ4v) is 1.45. The van der Waals surface area contributed by atoms with Crippen LogP contribution in [0, 0.1) is 11.3 Å². The Morgan fingerprint density at radius 1 is 1.65 bits per heavy atom. The van der Waals surface area contributed by atoms with E-state index in [1.54, 1.807) is 13.0 Å². The molecule has 1 atom stereocenters. The zero-order chi connectivity index (χ0) is 14.8. The van der Waals surface area contributed by atoms with Gasteiger partial charge in [-0.15, -0.1) is 0 Å². The van der Waals surface area contributed by atoms with Crippen LogP contribution in [0.5, 0.6) is 0 Å². The first-order valence-corrected chi connectivity index (χ1v) is 6.44. The van der Waals surface area contributed by atoms with Crippen LogP contribution in [0.1, 0.15) is 13.8 Å². The summed E-state index contributed by atoms with van der Waals surface area (Å²) in [7, 11) is 0. The maximum absolute atomic E-state index is 11.3. The van der Waals surface area contributed by atoms with Crippen molar-refractivity contribution < 1.29 is 23.7 Å². The molecule has 0 bridgehead atoms. The van der Waals surface area contributed by atoms with Crippen LogP contribution in [0.15, 0.2) is 5.16 Å². The fraction of sp³-hybridized carbons (Fsp3) is 0.667. The summed E-state index contributed by atoms with van der Waals surface area (Å²) in [6.07, 6.45) is 1.22. The van der Waals surface area contributed by atoms with Crippen molar-refractivity contribution in [1.29, 1.82) is 5.26 Å². The average molecular weight is 283 g/mol. The minimum absolute atomic E-state index is 0.172. The predicted molar refractivity (Wildman–Crippen MR) is 70.2 cm³/mol. The van der Waals surface area contributed by atoms with Gasteiger partial charge in [0.25, 0.3) is 12.0 Å². The van der Waals surface area contributed by atoms with Gasteiger partial charge in [-0.2, -0.15) is 5.26 Å². The minimum atomic E-state index is -0.804. The van der Waals surface area contributed by atoms with E-state index >= 15 is 0 Å². The molecule has 20 heavy (non-hydrogen) atoms. The van der Waals surface area contributed by atoms with Gasteiger partial charge in [0.2, 0.25) is 6.34 Å². The van der Waals surface area contributed by atoms with Crippen molar-refractivity contribution >= 4 is 18.0 Å². The summed E-state index contributed by atoms with van der Waals surface area (Å²) in [6, 6.07) is 1.63. The Bertz CT molecular complexity index is 428. The topological polar surface area (TPSA) is 96.0 Å². The van der Waals surface area contributed by atoms with Gasteiger partial charge < -0.3 is 14.3 Å². The lowest BCUT2D eigenvalue weighted by Gasteiger charge is -2.21. The van der Waals surface area contributed by atoms with Gasteiger partial charge in [-0.25, -0.2) is 4.79 Å². The Kier molecular flexibility index (Phi) is 7.06. The van der Waals surface area contributed by atoms with Crippen LogP contribution in [0.4, 0.5) is 0 Å². The smallest absolute Gasteiger partial charge is 0.371 e. The van der Waals surface area contributed by atoms with E-state index in [0.717, 1.165) is 13.1 Å². The molecule has 8 heteroatoms. The largest absolute Gasteiger partial charge is 0.461 e. The van der Waals surface area contributed by atoms with Crippen LogP contribution < -0.4 is 5.32 Å². The summed E-state index contributed by atoms with van der Waals surface area (Å²) in [5.74, 6) is -0.804. The number of ether oxygens (including phenoxy) is 2.